The van der Waals surface area contributed by atoms with Gasteiger partial charge in [0.1, 0.15) is 5.88 Å². The summed E-state index contributed by atoms with van der Waals surface area (Å²) in [5.41, 5.74) is 0.345. The molecule has 2 aromatic rings. The number of carbonyl (C=O) groups excluding carboxylic acids is 1. The van der Waals surface area contributed by atoms with Crippen molar-refractivity contribution in [3.8, 4) is 0 Å². The molecule has 0 aliphatic heterocycles. The Morgan fingerprint density at radius 3 is 2.52 bits per heavy atom. The molecule has 6 heteroatoms. The molecular formula is C15H12ClF3O2. The van der Waals surface area contributed by atoms with E-state index in [0.717, 1.165) is 0 Å². The Labute approximate surface area is 124 Å². The van der Waals surface area contributed by atoms with Crippen LogP contribution in [0.1, 0.15) is 17.2 Å². The minimum atomic E-state index is -4.71. The highest BCUT2D eigenvalue weighted by Gasteiger charge is 2.45. The summed E-state index contributed by atoms with van der Waals surface area (Å²) in [6.07, 6.45) is -7.04. The number of esters is 1. The first-order valence-electron chi connectivity index (χ1n) is 6.15. The maximum Gasteiger partial charge on any atom is 0.429 e. The quantitative estimate of drug-likeness (QED) is 0.614. The summed E-state index contributed by atoms with van der Waals surface area (Å²) in [7, 11) is 0. The van der Waals surface area contributed by atoms with Crippen LogP contribution >= 0.6 is 11.6 Å². The number of carbonyl (C=O) groups is 1. The average molecular weight is 317 g/mol. The fourth-order valence-corrected chi connectivity index (χ4v) is 2.27. The fourth-order valence-electron chi connectivity index (χ4n) is 2.20. The van der Waals surface area contributed by atoms with E-state index >= 15 is 0 Å². The number of rotatable bonds is 3. The Balaban J connectivity index is 2.64. The van der Waals surface area contributed by atoms with Crippen LogP contribution in [0.25, 0.3) is 10.8 Å². The summed E-state index contributed by atoms with van der Waals surface area (Å²) in [6, 6.07) is 9.95. The zero-order chi connectivity index (χ0) is 15.6. The zero-order valence-electron chi connectivity index (χ0n) is 11.1. The van der Waals surface area contributed by atoms with Gasteiger partial charge in [-0.3, -0.25) is 4.79 Å². The van der Waals surface area contributed by atoms with Crippen LogP contribution in [0, 0.1) is 6.92 Å². The average Bonchev–Trinajstić information content (AvgIpc) is 2.44. The molecule has 0 aromatic heterocycles. The number of halogens is 4. The van der Waals surface area contributed by atoms with E-state index in [0.29, 0.717) is 16.3 Å². The zero-order valence-corrected chi connectivity index (χ0v) is 11.8. The predicted molar refractivity (Wildman–Crippen MR) is 74.3 cm³/mol. The molecule has 0 spiro atoms. The van der Waals surface area contributed by atoms with E-state index in [1.807, 2.05) is 0 Å². The van der Waals surface area contributed by atoms with E-state index in [9.17, 15) is 18.0 Å². The van der Waals surface area contributed by atoms with Gasteiger partial charge >= 0.3 is 12.1 Å². The van der Waals surface area contributed by atoms with Gasteiger partial charge in [-0.1, -0.05) is 36.4 Å². The van der Waals surface area contributed by atoms with Crippen molar-refractivity contribution in [1.82, 2.24) is 0 Å². The number of fused-ring (bicyclic) bond motifs is 1. The molecule has 0 aliphatic carbocycles. The van der Waals surface area contributed by atoms with E-state index in [1.165, 1.54) is 0 Å². The lowest BCUT2D eigenvalue weighted by Crippen LogP contribution is -2.27. The third kappa shape index (κ3) is 3.29. The number of alkyl halides is 4. The molecule has 0 N–H and O–H groups in total. The second-order valence-electron chi connectivity index (χ2n) is 4.56. The minimum Gasteiger partial charge on any atom is -0.447 e. The Morgan fingerprint density at radius 1 is 1.24 bits per heavy atom. The van der Waals surface area contributed by atoms with Gasteiger partial charge in [-0.15, -0.1) is 11.6 Å². The smallest absolute Gasteiger partial charge is 0.429 e. The van der Waals surface area contributed by atoms with Crippen LogP contribution < -0.4 is 0 Å². The lowest BCUT2D eigenvalue weighted by atomic mass is 9.95. The molecule has 0 heterocycles. The van der Waals surface area contributed by atoms with Crippen molar-refractivity contribution in [3.63, 3.8) is 0 Å². The van der Waals surface area contributed by atoms with Crippen LogP contribution in [0.15, 0.2) is 36.4 Å². The van der Waals surface area contributed by atoms with E-state index < -0.39 is 24.1 Å². The maximum atomic E-state index is 13.3. The van der Waals surface area contributed by atoms with Crippen LogP contribution in [-0.4, -0.2) is 18.0 Å². The monoisotopic (exact) mass is 316 g/mol. The summed E-state index contributed by atoms with van der Waals surface area (Å²) >= 11 is 5.25. The van der Waals surface area contributed by atoms with E-state index in [2.05, 4.69) is 4.74 Å². The third-order valence-corrected chi connectivity index (χ3v) is 3.32. The number of ether oxygens (including phenoxy) is 1. The van der Waals surface area contributed by atoms with Gasteiger partial charge in [-0.2, -0.15) is 13.2 Å². The summed E-state index contributed by atoms with van der Waals surface area (Å²) < 4.78 is 44.4. The van der Waals surface area contributed by atoms with Crippen molar-refractivity contribution in [2.45, 2.75) is 19.2 Å². The molecule has 2 rings (SSSR count). The van der Waals surface area contributed by atoms with Gasteiger partial charge in [0.25, 0.3) is 0 Å². The van der Waals surface area contributed by atoms with Crippen molar-refractivity contribution < 1.29 is 22.7 Å². The first-order valence-corrected chi connectivity index (χ1v) is 6.68. The van der Waals surface area contributed by atoms with E-state index in [4.69, 9.17) is 11.6 Å². The fraction of sp³-hybridized carbons (Fsp3) is 0.267. The molecule has 112 valence electrons. The molecule has 0 unspecified atom stereocenters. The van der Waals surface area contributed by atoms with Gasteiger partial charge in [0, 0.05) is 5.56 Å². The van der Waals surface area contributed by atoms with Gasteiger partial charge in [0.15, 0.2) is 0 Å². The van der Waals surface area contributed by atoms with E-state index in [-0.39, 0.29) is 5.56 Å². The molecule has 1 atom stereocenters. The lowest BCUT2D eigenvalue weighted by Gasteiger charge is -2.23. The topological polar surface area (TPSA) is 26.3 Å². The summed E-state index contributed by atoms with van der Waals surface area (Å²) in [4.78, 5) is 11.2. The standard InChI is InChI=1S/C15H12ClF3O2/c1-9-6-7-10-4-2-3-5-11(10)13(9)14(15(17,18)19)21-12(20)8-16/h2-7,14H,8H2,1H3/t14-/m1/s1. The normalized spacial score (nSPS) is 13.2. The number of hydrogen-bond acceptors (Lipinski definition) is 2. The molecular weight excluding hydrogens is 305 g/mol. The van der Waals surface area contributed by atoms with Crippen molar-refractivity contribution >= 4 is 28.3 Å². The van der Waals surface area contributed by atoms with Crippen LogP contribution in [-0.2, 0) is 9.53 Å². The Hall–Kier alpha value is -1.75. The van der Waals surface area contributed by atoms with Crippen LogP contribution in [0.5, 0.6) is 0 Å². The molecule has 0 fully saturated rings. The Kier molecular flexibility index (Phi) is 4.42. The third-order valence-electron chi connectivity index (χ3n) is 3.11. The van der Waals surface area contributed by atoms with Gasteiger partial charge in [0.05, 0.1) is 0 Å². The molecule has 2 nitrogen and oxygen atoms in total. The molecule has 0 amide bonds. The Morgan fingerprint density at radius 2 is 1.90 bits per heavy atom. The highest BCUT2D eigenvalue weighted by atomic mass is 35.5. The number of aryl methyl sites for hydroxylation is 1. The van der Waals surface area contributed by atoms with Crippen molar-refractivity contribution in [2.75, 3.05) is 5.88 Å². The van der Waals surface area contributed by atoms with Crippen molar-refractivity contribution in [3.05, 3.63) is 47.5 Å². The molecule has 0 saturated heterocycles. The maximum absolute atomic E-state index is 13.3. The SMILES string of the molecule is Cc1ccc2ccccc2c1[C@@H](OC(=O)CCl)C(F)(F)F. The molecule has 2 aromatic carbocycles. The number of hydrogen-bond donors (Lipinski definition) is 0. The Bertz CT molecular complexity index is 668. The van der Waals surface area contributed by atoms with E-state index in [1.54, 1.807) is 43.3 Å². The number of benzene rings is 2. The molecule has 21 heavy (non-hydrogen) atoms. The molecule has 0 aliphatic rings. The molecule has 0 radical (unpaired) electrons. The first kappa shape index (κ1) is 15.6. The predicted octanol–water partition coefficient (Wildman–Crippen LogP) is 4.53. The van der Waals surface area contributed by atoms with Gasteiger partial charge < -0.3 is 4.74 Å². The summed E-state index contributed by atoms with van der Waals surface area (Å²) in [5.74, 6) is -1.73. The molecule has 0 bridgehead atoms. The highest BCUT2D eigenvalue weighted by Crippen LogP contribution is 2.40. The van der Waals surface area contributed by atoms with Crippen LogP contribution in [0.2, 0.25) is 0 Å². The summed E-state index contributed by atoms with van der Waals surface area (Å²) in [5, 5.41) is 1.05. The first-order chi connectivity index (χ1) is 9.84. The summed E-state index contributed by atoms with van der Waals surface area (Å²) in [6.45, 7) is 1.55. The van der Waals surface area contributed by atoms with Crippen LogP contribution in [0.3, 0.4) is 0 Å². The van der Waals surface area contributed by atoms with Gasteiger partial charge in [-0.05, 0) is 23.3 Å². The second-order valence-corrected chi connectivity index (χ2v) is 4.83. The molecule has 0 saturated carbocycles. The highest BCUT2D eigenvalue weighted by molar-refractivity contribution is 6.26. The van der Waals surface area contributed by atoms with Crippen molar-refractivity contribution in [1.29, 1.82) is 0 Å². The lowest BCUT2D eigenvalue weighted by molar-refractivity contribution is -0.222. The minimum absolute atomic E-state index is 0.0564. The van der Waals surface area contributed by atoms with Crippen LogP contribution in [0.4, 0.5) is 13.2 Å². The van der Waals surface area contributed by atoms with Gasteiger partial charge in [-0.25, -0.2) is 0 Å². The largest absolute Gasteiger partial charge is 0.447 e. The second kappa shape index (κ2) is 5.93. The van der Waals surface area contributed by atoms with Crippen molar-refractivity contribution in [2.24, 2.45) is 0 Å². The van der Waals surface area contributed by atoms with Gasteiger partial charge in [0.2, 0.25) is 6.10 Å².